The summed E-state index contributed by atoms with van der Waals surface area (Å²) in [5.74, 6) is -2.18. The predicted molar refractivity (Wildman–Crippen MR) is 113 cm³/mol. The lowest BCUT2D eigenvalue weighted by Gasteiger charge is -2.12. The van der Waals surface area contributed by atoms with Crippen LogP contribution in [0.3, 0.4) is 0 Å². The molecule has 3 aromatic carbocycles. The molecule has 0 fully saturated rings. The van der Waals surface area contributed by atoms with Crippen LogP contribution in [0.5, 0.6) is 0 Å². The molecule has 0 unspecified atom stereocenters. The molecule has 152 valence electrons. The van der Waals surface area contributed by atoms with Crippen LogP contribution in [0.4, 0.5) is 15.8 Å². The first-order valence-corrected chi connectivity index (χ1v) is 9.14. The molecule has 0 bridgehead atoms. The van der Waals surface area contributed by atoms with E-state index in [1.54, 1.807) is 50.2 Å². The van der Waals surface area contributed by atoms with Crippen molar-refractivity contribution < 1.29 is 18.8 Å². The largest absolute Gasteiger partial charge is 0.366 e. The van der Waals surface area contributed by atoms with E-state index >= 15 is 0 Å². The van der Waals surface area contributed by atoms with Crippen molar-refractivity contribution in [2.75, 3.05) is 10.6 Å². The van der Waals surface area contributed by atoms with E-state index in [2.05, 4.69) is 10.6 Å². The van der Waals surface area contributed by atoms with Crippen molar-refractivity contribution in [2.45, 2.75) is 13.8 Å². The minimum absolute atomic E-state index is 0.0863. The number of hydrogen-bond acceptors (Lipinski definition) is 3. The monoisotopic (exact) mass is 405 g/mol. The zero-order valence-electron chi connectivity index (χ0n) is 16.5. The zero-order valence-corrected chi connectivity index (χ0v) is 16.5. The van der Waals surface area contributed by atoms with Gasteiger partial charge < -0.3 is 16.4 Å². The number of benzene rings is 3. The van der Waals surface area contributed by atoms with Crippen molar-refractivity contribution >= 4 is 29.1 Å². The van der Waals surface area contributed by atoms with Gasteiger partial charge in [-0.05, 0) is 67.4 Å². The standard InChI is InChI=1S/C23H20FN3O3/c1-13-7-8-15(12-20(13)27-23(30)18-5-3-4-6-19(18)24)22(29)26-16-9-10-17(21(25)28)14(2)11-16/h3-12H,1-2H3,(H2,25,28)(H,26,29)(H,27,30). The highest BCUT2D eigenvalue weighted by molar-refractivity contribution is 6.08. The summed E-state index contributed by atoms with van der Waals surface area (Å²) in [7, 11) is 0. The molecule has 3 amide bonds. The lowest BCUT2D eigenvalue weighted by molar-refractivity contribution is 0.0996. The zero-order chi connectivity index (χ0) is 21.8. The molecule has 6 nitrogen and oxygen atoms in total. The topological polar surface area (TPSA) is 101 Å². The summed E-state index contributed by atoms with van der Waals surface area (Å²) in [6.07, 6.45) is 0. The molecule has 0 aliphatic heterocycles. The smallest absolute Gasteiger partial charge is 0.258 e. The van der Waals surface area contributed by atoms with E-state index in [0.717, 1.165) is 5.56 Å². The first-order valence-electron chi connectivity index (χ1n) is 9.14. The number of primary amides is 1. The molecule has 7 heteroatoms. The summed E-state index contributed by atoms with van der Waals surface area (Å²) >= 11 is 0. The SMILES string of the molecule is Cc1ccc(C(=O)Nc2ccc(C(N)=O)c(C)c2)cc1NC(=O)c1ccccc1F. The number of carbonyl (C=O) groups is 3. The van der Waals surface area contributed by atoms with Crippen LogP contribution in [0.15, 0.2) is 60.7 Å². The Morgan fingerprint density at radius 1 is 0.800 bits per heavy atom. The van der Waals surface area contributed by atoms with Crippen molar-refractivity contribution in [3.63, 3.8) is 0 Å². The second kappa shape index (κ2) is 8.57. The Bertz CT molecular complexity index is 1160. The van der Waals surface area contributed by atoms with E-state index in [0.29, 0.717) is 28.1 Å². The number of aryl methyl sites for hydroxylation is 2. The normalized spacial score (nSPS) is 10.4. The van der Waals surface area contributed by atoms with Crippen LogP contribution in [0.25, 0.3) is 0 Å². The van der Waals surface area contributed by atoms with Crippen molar-refractivity contribution in [3.05, 3.63) is 94.3 Å². The molecule has 0 radical (unpaired) electrons. The second-order valence-electron chi connectivity index (χ2n) is 6.81. The summed E-state index contributed by atoms with van der Waals surface area (Å²) in [6.45, 7) is 3.49. The molecular weight excluding hydrogens is 385 g/mol. The average Bonchev–Trinajstić information content (AvgIpc) is 2.69. The molecule has 30 heavy (non-hydrogen) atoms. The summed E-state index contributed by atoms with van der Waals surface area (Å²) in [4.78, 5) is 36.4. The number of nitrogens with one attached hydrogen (secondary N) is 2. The molecule has 0 aliphatic carbocycles. The van der Waals surface area contributed by atoms with Gasteiger partial charge in [0.25, 0.3) is 11.8 Å². The first-order chi connectivity index (χ1) is 14.3. The Morgan fingerprint density at radius 2 is 1.53 bits per heavy atom. The van der Waals surface area contributed by atoms with Gasteiger partial charge in [-0.1, -0.05) is 18.2 Å². The molecular formula is C23H20FN3O3. The maximum absolute atomic E-state index is 13.9. The van der Waals surface area contributed by atoms with Crippen molar-refractivity contribution in [1.29, 1.82) is 0 Å². The molecule has 0 spiro atoms. The molecule has 0 heterocycles. The van der Waals surface area contributed by atoms with Crippen LogP contribution < -0.4 is 16.4 Å². The second-order valence-corrected chi connectivity index (χ2v) is 6.81. The number of anilines is 2. The molecule has 0 aliphatic rings. The van der Waals surface area contributed by atoms with Gasteiger partial charge in [-0.2, -0.15) is 0 Å². The first kappa shape index (κ1) is 20.7. The van der Waals surface area contributed by atoms with E-state index < -0.39 is 23.5 Å². The number of carbonyl (C=O) groups excluding carboxylic acids is 3. The third kappa shape index (κ3) is 4.52. The van der Waals surface area contributed by atoms with Crippen LogP contribution in [0, 0.1) is 19.7 Å². The Labute approximate surface area is 172 Å². The van der Waals surface area contributed by atoms with Gasteiger partial charge in [0.05, 0.1) is 5.56 Å². The van der Waals surface area contributed by atoms with Gasteiger partial charge in [0.2, 0.25) is 5.91 Å². The predicted octanol–water partition coefficient (Wildman–Crippen LogP) is 4.05. The van der Waals surface area contributed by atoms with E-state index in [9.17, 15) is 18.8 Å². The third-order valence-electron chi connectivity index (χ3n) is 4.62. The molecule has 0 aromatic heterocycles. The number of halogens is 1. The van der Waals surface area contributed by atoms with Crippen molar-refractivity contribution in [2.24, 2.45) is 5.73 Å². The van der Waals surface area contributed by atoms with Gasteiger partial charge in [0.1, 0.15) is 5.82 Å². The van der Waals surface area contributed by atoms with Crippen LogP contribution in [-0.2, 0) is 0 Å². The fraction of sp³-hybridized carbons (Fsp3) is 0.0870. The van der Waals surface area contributed by atoms with E-state index in [1.165, 1.54) is 24.3 Å². The Balaban J connectivity index is 1.80. The average molecular weight is 405 g/mol. The van der Waals surface area contributed by atoms with Crippen LogP contribution in [0.2, 0.25) is 0 Å². The Morgan fingerprint density at radius 3 is 2.20 bits per heavy atom. The quantitative estimate of drug-likeness (QED) is 0.597. The van der Waals surface area contributed by atoms with Gasteiger partial charge in [-0.3, -0.25) is 14.4 Å². The van der Waals surface area contributed by atoms with Gasteiger partial charge in [-0.15, -0.1) is 0 Å². The lowest BCUT2D eigenvalue weighted by Crippen LogP contribution is -2.17. The van der Waals surface area contributed by atoms with Crippen LogP contribution >= 0.6 is 0 Å². The van der Waals surface area contributed by atoms with Gasteiger partial charge >= 0.3 is 0 Å². The maximum atomic E-state index is 13.9. The van der Waals surface area contributed by atoms with Crippen molar-refractivity contribution in [1.82, 2.24) is 0 Å². The molecule has 0 saturated heterocycles. The summed E-state index contributed by atoms with van der Waals surface area (Å²) < 4.78 is 13.9. The minimum Gasteiger partial charge on any atom is -0.366 e. The summed E-state index contributed by atoms with van der Waals surface area (Å²) in [6, 6.07) is 15.3. The van der Waals surface area contributed by atoms with E-state index in [1.807, 2.05) is 0 Å². The molecule has 0 saturated carbocycles. The fourth-order valence-electron chi connectivity index (χ4n) is 2.95. The Hall–Kier alpha value is -4.00. The highest BCUT2D eigenvalue weighted by atomic mass is 19.1. The highest BCUT2D eigenvalue weighted by Crippen LogP contribution is 2.21. The van der Waals surface area contributed by atoms with E-state index in [-0.39, 0.29) is 5.56 Å². The van der Waals surface area contributed by atoms with Crippen molar-refractivity contribution in [3.8, 4) is 0 Å². The molecule has 3 rings (SSSR count). The summed E-state index contributed by atoms with van der Waals surface area (Å²) in [5.41, 5.74) is 8.15. The minimum atomic E-state index is -0.628. The number of rotatable bonds is 5. The molecule has 4 N–H and O–H groups in total. The van der Waals surface area contributed by atoms with Crippen LogP contribution in [0.1, 0.15) is 42.2 Å². The maximum Gasteiger partial charge on any atom is 0.258 e. The summed E-state index contributed by atoms with van der Waals surface area (Å²) in [5, 5.41) is 5.39. The lowest BCUT2D eigenvalue weighted by atomic mass is 10.1. The number of nitrogens with two attached hydrogens (primary N) is 1. The molecule has 3 aromatic rings. The van der Waals surface area contributed by atoms with E-state index in [4.69, 9.17) is 5.73 Å². The molecule has 0 atom stereocenters. The van der Waals surface area contributed by atoms with Gasteiger partial charge in [-0.25, -0.2) is 4.39 Å². The van der Waals surface area contributed by atoms with Gasteiger partial charge in [0.15, 0.2) is 0 Å². The van der Waals surface area contributed by atoms with Gasteiger partial charge in [0, 0.05) is 22.5 Å². The number of hydrogen-bond donors (Lipinski definition) is 3. The Kier molecular flexibility index (Phi) is 5.92. The fourth-order valence-corrected chi connectivity index (χ4v) is 2.95. The third-order valence-corrected chi connectivity index (χ3v) is 4.62. The van der Waals surface area contributed by atoms with Crippen LogP contribution in [-0.4, -0.2) is 17.7 Å². The highest BCUT2D eigenvalue weighted by Gasteiger charge is 2.15. The number of amides is 3.